The van der Waals surface area contributed by atoms with Crippen molar-refractivity contribution in [2.45, 2.75) is 19.9 Å². The molecule has 4 heteroatoms. The summed E-state index contributed by atoms with van der Waals surface area (Å²) in [5, 5.41) is 1.93. The number of carbonyl (C=O) groups excluding carboxylic acids is 1. The number of anilines is 1. The number of rotatable bonds is 3. The minimum absolute atomic E-state index is 0.0885. The summed E-state index contributed by atoms with van der Waals surface area (Å²) >= 11 is 1.51. The molecule has 0 aliphatic heterocycles. The Balaban J connectivity index is 2.24. The number of thiophene rings is 1. The zero-order valence-corrected chi connectivity index (χ0v) is 12.2. The monoisotopic (exact) mass is 274 g/mol. The standard InChI is InChI=1S/C15H18N2OS/c1-10-6-7-12(11(2)9-10)17(3)15(18)14(16)13-5-4-8-19-13/h4-9,14H,16H2,1-3H3. The molecule has 1 unspecified atom stereocenters. The molecule has 19 heavy (non-hydrogen) atoms. The highest BCUT2D eigenvalue weighted by atomic mass is 32.1. The van der Waals surface area contributed by atoms with Crippen LogP contribution < -0.4 is 10.6 Å². The molecule has 0 radical (unpaired) electrons. The van der Waals surface area contributed by atoms with Crippen molar-refractivity contribution < 1.29 is 4.79 Å². The number of amides is 1. The van der Waals surface area contributed by atoms with Gasteiger partial charge >= 0.3 is 0 Å². The number of hydrogen-bond donors (Lipinski definition) is 1. The van der Waals surface area contributed by atoms with Gasteiger partial charge in [-0.3, -0.25) is 4.79 Å². The predicted molar refractivity (Wildman–Crippen MR) is 80.6 cm³/mol. The molecule has 0 saturated heterocycles. The van der Waals surface area contributed by atoms with Crippen molar-refractivity contribution in [2.75, 3.05) is 11.9 Å². The summed E-state index contributed by atoms with van der Waals surface area (Å²) in [4.78, 5) is 14.9. The largest absolute Gasteiger partial charge is 0.316 e. The summed E-state index contributed by atoms with van der Waals surface area (Å²) in [6.45, 7) is 4.04. The zero-order valence-electron chi connectivity index (χ0n) is 11.4. The Hall–Kier alpha value is -1.65. The first-order chi connectivity index (χ1) is 9.00. The zero-order chi connectivity index (χ0) is 14.0. The van der Waals surface area contributed by atoms with Gasteiger partial charge in [0.1, 0.15) is 6.04 Å². The Kier molecular flexibility index (Phi) is 4.02. The molecule has 2 rings (SSSR count). The van der Waals surface area contributed by atoms with Gasteiger partial charge in [0, 0.05) is 17.6 Å². The maximum atomic E-state index is 12.4. The van der Waals surface area contributed by atoms with Gasteiger partial charge in [0.2, 0.25) is 5.91 Å². The second-order valence-electron chi connectivity index (χ2n) is 4.68. The van der Waals surface area contributed by atoms with E-state index in [0.717, 1.165) is 16.1 Å². The number of aryl methyl sites for hydroxylation is 2. The quantitative estimate of drug-likeness (QED) is 0.935. The molecule has 0 bridgehead atoms. The van der Waals surface area contributed by atoms with Gasteiger partial charge in [-0.2, -0.15) is 0 Å². The van der Waals surface area contributed by atoms with E-state index >= 15 is 0 Å². The van der Waals surface area contributed by atoms with Crippen LogP contribution in [0.3, 0.4) is 0 Å². The fourth-order valence-corrected chi connectivity index (χ4v) is 2.82. The highest BCUT2D eigenvalue weighted by molar-refractivity contribution is 7.10. The summed E-state index contributed by atoms with van der Waals surface area (Å²) in [6, 6.07) is 9.24. The van der Waals surface area contributed by atoms with Gasteiger partial charge in [0.15, 0.2) is 0 Å². The third-order valence-corrected chi connectivity index (χ3v) is 4.12. The number of nitrogens with zero attached hydrogens (tertiary/aromatic N) is 1. The van der Waals surface area contributed by atoms with Gasteiger partial charge < -0.3 is 10.6 Å². The minimum atomic E-state index is -0.592. The molecule has 1 aromatic carbocycles. The van der Waals surface area contributed by atoms with Gasteiger partial charge in [0.25, 0.3) is 0 Å². The van der Waals surface area contributed by atoms with Crippen LogP contribution in [0.25, 0.3) is 0 Å². The van der Waals surface area contributed by atoms with E-state index in [1.807, 2.05) is 43.5 Å². The van der Waals surface area contributed by atoms with E-state index in [0.29, 0.717) is 0 Å². The van der Waals surface area contributed by atoms with Gasteiger partial charge in [-0.25, -0.2) is 0 Å². The van der Waals surface area contributed by atoms with Crippen LogP contribution in [0.4, 0.5) is 5.69 Å². The molecule has 3 nitrogen and oxygen atoms in total. The lowest BCUT2D eigenvalue weighted by atomic mass is 10.1. The molecule has 2 aromatic rings. The van der Waals surface area contributed by atoms with Crippen LogP contribution in [0.2, 0.25) is 0 Å². The average molecular weight is 274 g/mol. The van der Waals surface area contributed by atoms with Crippen molar-refractivity contribution in [1.29, 1.82) is 0 Å². The van der Waals surface area contributed by atoms with Crippen LogP contribution in [0.5, 0.6) is 0 Å². The number of benzene rings is 1. The lowest BCUT2D eigenvalue weighted by Crippen LogP contribution is -2.35. The van der Waals surface area contributed by atoms with E-state index < -0.39 is 6.04 Å². The van der Waals surface area contributed by atoms with Crippen molar-refractivity contribution in [3.05, 3.63) is 51.7 Å². The fraction of sp³-hybridized carbons (Fsp3) is 0.267. The SMILES string of the molecule is Cc1ccc(N(C)C(=O)C(N)c2cccs2)c(C)c1. The molecule has 1 atom stereocenters. The van der Waals surface area contributed by atoms with Crippen LogP contribution in [0.1, 0.15) is 22.0 Å². The number of likely N-dealkylation sites (N-methyl/N-ethyl adjacent to an activating group) is 1. The van der Waals surface area contributed by atoms with Crippen LogP contribution in [0, 0.1) is 13.8 Å². The topological polar surface area (TPSA) is 46.3 Å². The van der Waals surface area contributed by atoms with Crippen LogP contribution in [-0.2, 0) is 4.79 Å². The van der Waals surface area contributed by atoms with Crippen molar-refractivity contribution in [2.24, 2.45) is 5.73 Å². The van der Waals surface area contributed by atoms with E-state index in [4.69, 9.17) is 5.73 Å². The Bertz CT molecular complexity index is 578. The first-order valence-corrected chi connectivity index (χ1v) is 7.02. The normalized spacial score (nSPS) is 12.2. The van der Waals surface area contributed by atoms with Crippen molar-refractivity contribution in [3.8, 4) is 0 Å². The summed E-state index contributed by atoms with van der Waals surface area (Å²) in [7, 11) is 1.77. The second kappa shape index (κ2) is 5.55. The lowest BCUT2D eigenvalue weighted by molar-refractivity contribution is -0.119. The number of nitrogens with two attached hydrogens (primary N) is 1. The first kappa shape index (κ1) is 13.8. The third-order valence-electron chi connectivity index (χ3n) is 3.16. The molecule has 1 heterocycles. The second-order valence-corrected chi connectivity index (χ2v) is 5.66. The minimum Gasteiger partial charge on any atom is -0.316 e. The molecule has 1 amide bonds. The van der Waals surface area contributed by atoms with Crippen molar-refractivity contribution in [3.63, 3.8) is 0 Å². The van der Waals surface area contributed by atoms with Crippen LogP contribution in [-0.4, -0.2) is 13.0 Å². The Morgan fingerprint density at radius 3 is 2.63 bits per heavy atom. The molecule has 0 spiro atoms. The average Bonchev–Trinajstić information content (AvgIpc) is 2.90. The highest BCUT2D eigenvalue weighted by Gasteiger charge is 2.22. The molecular weight excluding hydrogens is 256 g/mol. The molecule has 100 valence electrons. The Morgan fingerprint density at radius 2 is 2.05 bits per heavy atom. The highest BCUT2D eigenvalue weighted by Crippen LogP contribution is 2.24. The van der Waals surface area contributed by atoms with E-state index in [-0.39, 0.29) is 5.91 Å². The van der Waals surface area contributed by atoms with Gasteiger partial charge in [-0.15, -0.1) is 11.3 Å². The van der Waals surface area contributed by atoms with Gasteiger partial charge in [-0.1, -0.05) is 23.8 Å². The van der Waals surface area contributed by atoms with E-state index in [1.165, 1.54) is 16.9 Å². The van der Waals surface area contributed by atoms with Crippen LogP contribution >= 0.6 is 11.3 Å². The lowest BCUT2D eigenvalue weighted by Gasteiger charge is -2.22. The summed E-state index contributed by atoms with van der Waals surface area (Å²) in [5.74, 6) is -0.0885. The maximum Gasteiger partial charge on any atom is 0.249 e. The predicted octanol–water partition coefficient (Wildman–Crippen LogP) is 3.03. The fourth-order valence-electron chi connectivity index (χ4n) is 2.10. The van der Waals surface area contributed by atoms with E-state index in [9.17, 15) is 4.79 Å². The molecule has 0 saturated carbocycles. The first-order valence-electron chi connectivity index (χ1n) is 6.14. The van der Waals surface area contributed by atoms with Gasteiger partial charge in [0.05, 0.1) is 0 Å². The molecular formula is C15H18N2OS. The third kappa shape index (κ3) is 2.85. The Labute approximate surface area is 117 Å². The van der Waals surface area contributed by atoms with E-state index in [1.54, 1.807) is 11.9 Å². The van der Waals surface area contributed by atoms with E-state index in [2.05, 4.69) is 6.07 Å². The molecule has 0 fully saturated rings. The molecule has 0 aliphatic rings. The summed E-state index contributed by atoms with van der Waals surface area (Å²) < 4.78 is 0. The number of carbonyl (C=O) groups is 1. The van der Waals surface area contributed by atoms with Crippen LogP contribution in [0.15, 0.2) is 35.7 Å². The molecule has 2 N–H and O–H groups in total. The van der Waals surface area contributed by atoms with Crippen molar-refractivity contribution in [1.82, 2.24) is 0 Å². The number of hydrogen-bond acceptors (Lipinski definition) is 3. The summed E-state index contributed by atoms with van der Waals surface area (Å²) in [6.07, 6.45) is 0. The molecule has 0 aliphatic carbocycles. The smallest absolute Gasteiger partial charge is 0.249 e. The Morgan fingerprint density at radius 1 is 1.32 bits per heavy atom. The summed E-state index contributed by atoms with van der Waals surface area (Å²) in [5.41, 5.74) is 9.19. The van der Waals surface area contributed by atoms with Gasteiger partial charge in [-0.05, 0) is 36.9 Å². The molecule has 1 aromatic heterocycles. The van der Waals surface area contributed by atoms with Crippen molar-refractivity contribution >= 4 is 22.9 Å². The maximum absolute atomic E-state index is 12.4.